The van der Waals surface area contributed by atoms with Crippen LogP contribution in [0, 0.1) is 12.9 Å². The van der Waals surface area contributed by atoms with Crippen LogP contribution in [0.3, 0.4) is 0 Å². The first-order valence-electron chi connectivity index (χ1n) is 3.63. The maximum Gasteiger partial charge on any atom is 0.325 e. The SMILES string of the molecule is Cc1cc(C(N)C(=O)O)cnc1F. The van der Waals surface area contributed by atoms with E-state index in [9.17, 15) is 9.18 Å². The number of rotatable bonds is 2. The van der Waals surface area contributed by atoms with E-state index in [4.69, 9.17) is 10.8 Å². The molecule has 1 rings (SSSR count). The fraction of sp³-hybridized carbons (Fsp3) is 0.250. The Morgan fingerprint density at radius 1 is 1.77 bits per heavy atom. The quantitative estimate of drug-likeness (QED) is 0.660. The highest BCUT2D eigenvalue weighted by Crippen LogP contribution is 2.12. The van der Waals surface area contributed by atoms with Crippen LogP contribution in [-0.2, 0) is 4.79 Å². The molecule has 3 N–H and O–H groups in total. The summed E-state index contributed by atoms with van der Waals surface area (Å²) in [6.45, 7) is 1.50. The average molecular weight is 184 g/mol. The number of aryl methyl sites for hydroxylation is 1. The lowest BCUT2D eigenvalue weighted by molar-refractivity contribution is -0.138. The Hall–Kier alpha value is -1.49. The second-order valence-corrected chi connectivity index (χ2v) is 2.69. The number of carboxylic acids is 1. The summed E-state index contributed by atoms with van der Waals surface area (Å²) in [6.07, 6.45) is 1.13. The summed E-state index contributed by atoms with van der Waals surface area (Å²) in [5, 5.41) is 8.55. The fourth-order valence-corrected chi connectivity index (χ4v) is 0.893. The predicted molar refractivity (Wildman–Crippen MR) is 43.5 cm³/mol. The second kappa shape index (κ2) is 3.49. The number of carboxylic acid groups (broad SMARTS) is 1. The number of nitrogens with two attached hydrogens (primary N) is 1. The highest BCUT2D eigenvalue weighted by atomic mass is 19.1. The number of aliphatic carboxylic acids is 1. The van der Waals surface area contributed by atoms with E-state index in [0.29, 0.717) is 5.56 Å². The predicted octanol–water partition coefficient (Wildman–Crippen LogP) is 0.614. The zero-order valence-corrected chi connectivity index (χ0v) is 6.99. The smallest absolute Gasteiger partial charge is 0.325 e. The third-order valence-corrected chi connectivity index (χ3v) is 1.66. The van der Waals surface area contributed by atoms with Crippen molar-refractivity contribution in [1.29, 1.82) is 0 Å². The molecule has 0 spiro atoms. The van der Waals surface area contributed by atoms with Crippen LogP contribution in [0.25, 0.3) is 0 Å². The fourth-order valence-electron chi connectivity index (χ4n) is 0.893. The molecule has 0 saturated heterocycles. The van der Waals surface area contributed by atoms with Crippen LogP contribution >= 0.6 is 0 Å². The topological polar surface area (TPSA) is 76.2 Å². The molecular weight excluding hydrogens is 175 g/mol. The molecule has 1 heterocycles. The number of hydrogen-bond acceptors (Lipinski definition) is 3. The van der Waals surface area contributed by atoms with Crippen molar-refractivity contribution in [2.45, 2.75) is 13.0 Å². The molecule has 0 aliphatic rings. The van der Waals surface area contributed by atoms with Crippen molar-refractivity contribution < 1.29 is 14.3 Å². The van der Waals surface area contributed by atoms with E-state index in [1.54, 1.807) is 0 Å². The lowest BCUT2D eigenvalue weighted by atomic mass is 10.1. The van der Waals surface area contributed by atoms with Gasteiger partial charge in [0.1, 0.15) is 6.04 Å². The van der Waals surface area contributed by atoms with Crippen LogP contribution in [0.1, 0.15) is 17.2 Å². The van der Waals surface area contributed by atoms with E-state index in [1.807, 2.05) is 0 Å². The summed E-state index contributed by atoms with van der Waals surface area (Å²) in [7, 11) is 0. The summed E-state index contributed by atoms with van der Waals surface area (Å²) >= 11 is 0. The Balaban J connectivity index is 3.03. The molecule has 70 valence electrons. The second-order valence-electron chi connectivity index (χ2n) is 2.69. The van der Waals surface area contributed by atoms with Gasteiger partial charge < -0.3 is 10.8 Å². The van der Waals surface area contributed by atoms with Crippen molar-refractivity contribution in [3.05, 3.63) is 29.3 Å². The van der Waals surface area contributed by atoms with Gasteiger partial charge in [-0.2, -0.15) is 4.39 Å². The van der Waals surface area contributed by atoms with Gasteiger partial charge in [0.05, 0.1) is 0 Å². The van der Waals surface area contributed by atoms with Crippen molar-refractivity contribution in [2.75, 3.05) is 0 Å². The van der Waals surface area contributed by atoms with Gasteiger partial charge in [0.2, 0.25) is 5.95 Å². The molecule has 0 aliphatic heterocycles. The van der Waals surface area contributed by atoms with Crippen LogP contribution < -0.4 is 5.73 Å². The number of halogens is 1. The zero-order chi connectivity index (χ0) is 10.0. The van der Waals surface area contributed by atoms with Crippen molar-refractivity contribution in [1.82, 2.24) is 4.98 Å². The van der Waals surface area contributed by atoms with E-state index < -0.39 is 18.0 Å². The summed E-state index contributed by atoms with van der Waals surface area (Å²) in [5.74, 6) is -1.77. The zero-order valence-electron chi connectivity index (χ0n) is 6.99. The summed E-state index contributed by atoms with van der Waals surface area (Å²) in [6, 6.07) is 0.230. The largest absolute Gasteiger partial charge is 0.480 e. The van der Waals surface area contributed by atoms with Crippen LogP contribution in [0.5, 0.6) is 0 Å². The van der Waals surface area contributed by atoms with Crippen LogP contribution in [-0.4, -0.2) is 16.1 Å². The van der Waals surface area contributed by atoms with Gasteiger partial charge in [0, 0.05) is 11.8 Å². The number of nitrogens with zero attached hydrogens (tertiary/aromatic N) is 1. The average Bonchev–Trinajstić information content (AvgIpc) is 2.08. The first-order chi connectivity index (χ1) is 6.02. The molecule has 4 nitrogen and oxygen atoms in total. The molecule has 1 unspecified atom stereocenters. The third-order valence-electron chi connectivity index (χ3n) is 1.66. The third kappa shape index (κ3) is 2.00. The van der Waals surface area contributed by atoms with Gasteiger partial charge in [-0.15, -0.1) is 0 Å². The molecule has 0 aromatic carbocycles. The van der Waals surface area contributed by atoms with Crippen molar-refractivity contribution in [3.63, 3.8) is 0 Å². The molecule has 0 bridgehead atoms. The van der Waals surface area contributed by atoms with E-state index in [-0.39, 0.29) is 5.56 Å². The Morgan fingerprint density at radius 2 is 2.38 bits per heavy atom. The van der Waals surface area contributed by atoms with Crippen molar-refractivity contribution in [3.8, 4) is 0 Å². The number of aromatic nitrogens is 1. The minimum atomic E-state index is -1.16. The van der Waals surface area contributed by atoms with Crippen LogP contribution in [0.4, 0.5) is 4.39 Å². The standard InChI is InChI=1S/C8H9FN2O2/c1-4-2-5(3-11-7(4)9)6(10)8(12)13/h2-3,6H,10H2,1H3,(H,12,13). The Morgan fingerprint density at radius 3 is 2.85 bits per heavy atom. The van der Waals surface area contributed by atoms with Gasteiger partial charge in [-0.05, 0) is 18.6 Å². The molecule has 5 heteroatoms. The van der Waals surface area contributed by atoms with E-state index >= 15 is 0 Å². The maximum atomic E-state index is 12.7. The lowest BCUT2D eigenvalue weighted by Crippen LogP contribution is -2.21. The summed E-state index contributed by atoms with van der Waals surface area (Å²) in [5.41, 5.74) is 5.88. The van der Waals surface area contributed by atoms with E-state index in [0.717, 1.165) is 6.20 Å². The van der Waals surface area contributed by atoms with Gasteiger partial charge in [-0.3, -0.25) is 4.79 Å². The molecule has 0 radical (unpaired) electrons. The monoisotopic (exact) mass is 184 g/mol. The van der Waals surface area contributed by atoms with Crippen LogP contribution in [0.15, 0.2) is 12.3 Å². The molecule has 0 aliphatic carbocycles. The van der Waals surface area contributed by atoms with Crippen molar-refractivity contribution in [2.24, 2.45) is 5.73 Å². The van der Waals surface area contributed by atoms with Gasteiger partial charge in [-0.1, -0.05) is 0 Å². The number of pyridine rings is 1. The molecule has 1 aromatic rings. The number of hydrogen-bond donors (Lipinski definition) is 2. The Labute approximate surface area is 74.2 Å². The highest BCUT2D eigenvalue weighted by molar-refractivity contribution is 5.75. The minimum Gasteiger partial charge on any atom is -0.480 e. The minimum absolute atomic E-state index is 0.286. The highest BCUT2D eigenvalue weighted by Gasteiger charge is 2.15. The number of carbonyl (C=O) groups is 1. The molecular formula is C8H9FN2O2. The van der Waals surface area contributed by atoms with Crippen LogP contribution in [0.2, 0.25) is 0 Å². The first kappa shape index (κ1) is 9.60. The van der Waals surface area contributed by atoms with E-state index in [1.165, 1.54) is 13.0 Å². The molecule has 0 saturated carbocycles. The lowest BCUT2D eigenvalue weighted by Gasteiger charge is -2.06. The molecule has 13 heavy (non-hydrogen) atoms. The van der Waals surface area contributed by atoms with Gasteiger partial charge in [0.25, 0.3) is 0 Å². The maximum absolute atomic E-state index is 12.7. The Kier molecular flexibility index (Phi) is 2.57. The summed E-state index contributed by atoms with van der Waals surface area (Å²) in [4.78, 5) is 13.8. The van der Waals surface area contributed by atoms with Gasteiger partial charge in [-0.25, -0.2) is 4.98 Å². The normalized spacial score (nSPS) is 12.5. The molecule has 1 aromatic heterocycles. The van der Waals surface area contributed by atoms with Crippen molar-refractivity contribution >= 4 is 5.97 Å². The molecule has 0 amide bonds. The van der Waals surface area contributed by atoms with E-state index in [2.05, 4.69) is 4.98 Å². The van der Waals surface area contributed by atoms with Gasteiger partial charge >= 0.3 is 5.97 Å². The summed E-state index contributed by atoms with van der Waals surface area (Å²) < 4.78 is 12.7. The first-order valence-corrected chi connectivity index (χ1v) is 3.63. The molecule has 0 fully saturated rings. The molecule has 1 atom stereocenters. The Bertz CT molecular complexity index is 341. The van der Waals surface area contributed by atoms with Gasteiger partial charge in [0.15, 0.2) is 0 Å².